The third-order valence-electron chi connectivity index (χ3n) is 8.35. The van der Waals surface area contributed by atoms with Crippen LogP contribution in [0, 0.1) is 17.3 Å². The fraction of sp³-hybridized carbons (Fsp3) is 0.600. The molecule has 2 N–H and O–H groups in total. The summed E-state index contributed by atoms with van der Waals surface area (Å²) in [7, 11) is -2.46. The van der Waals surface area contributed by atoms with E-state index in [2.05, 4.69) is 36.7 Å². The lowest BCUT2D eigenvalue weighted by Gasteiger charge is -2.39. The van der Waals surface area contributed by atoms with Gasteiger partial charge in [-0.15, -0.1) is 0 Å². The lowest BCUT2D eigenvalue weighted by atomic mass is 9.69. The maximum absolute atomic E-state index is 14.0. The Hall–Kier alpha value is -1.45. The van der Waals surface area contributed by atoms with Gasteiger partial charge in [0.05, 0.1) is 21.2 Å². The van der Waals surface area contributed by atoms with Crippen LogP contribution in [0.2, 0.25) is 0 Å². The van der Waals surface area contributed by atoms with Gasteiger partial charge in [0.1, 0.15) is 5.75 Å². The zero-order valence-corrected chi connectivity index (χ0v) is 25.8. The molecule has 0 bridgehead atoms. The molecule has 2 aromatic rings. The van der Waals surface area contributed by atoms with Crippen LogP contribution in [0.1, 0.15) is 83.8 Å². The molecule has 0 aliphatic carbocycles. The predicted octanol–water partition coefficient (Wildman–Crippen LogP) is 6.67. The van der Waals surface area contributed by atoms with Gasteiger partial charge in [0.25, 0.3) is 0 Å². The maximum atomic E-state index is 14.0. The first kappa shape index (κ1) is 31.1. The molecule has 0 saturated carbocycles. The number of hydrogen-bond donors (Lipinski definition) is 2. The van der Waals surface area contributed by atoms with Crippen molar-refractivity contribution >= 4 is 25.8 Å². The largest absolute Gasteiger partial charge is 0.438 e. The van der Waals surface area contributed by atoms with Crippen molar-refractivity contribution in [2.75, 3.05) is 12.9 Å². The van der Waals surface area contributed by atoms with Crippen molar-refractivity contribution in [2.24, 2.45) is 17.3 Å². The van der Waals surface area contributed by atoms with Crippen LogP contribution in [0.4, 0.5) is 0 Å². The first-order chi connectivity index (χ1) is 17.8. The molecule has 1 heterocycles. The van der Waals surface area contributed by atoms with Crippen LogP contribution in [0.25, 0.3) is 0 Å². The topological polar surface area (TPSA) is 93.1 Å². The minimum absolute atomic E-state index is 0.0876. The molecule has 0 fully saturated rings. The van der Waals surface area contributed by atoms with E-state index in [1.54, 1.807) is 6.07 Å². The molecule has 0 saturated heterocycles. The zero-order valence-electron chi connectivity index (χ0n) is 23.4. The first-order valence-corrected chi connectivity index (χ1v) is 16.0. The van der Waals surface area contributed by atoms with E-state index in [9.17, 15) is 18.6 Å². The summed E-state index contributed by atoms with van der Waals surface area (Å²) in [5.74, 6) is -2.09. The Labute approximate surface area is 236 Å². The smallest absolute Gasteiger partial charge is 0.324 e. The Balaban J connectivity index is 2.21. The molecule has 0 amide bonds. The van der Waals surface area contributed by atoms with Crippen molar-refractivity contribution in [3.63, 3.8) is 0 Å². The third kappa shape index (κ3) is 6.47. The lowest BCUT2D eigenvalue weighted by molar-refractivity contribution is -0.317. The highest BCUT2D eigenvalue weighted by Crippen LogP contribution is 2.50. The van der Waals surface area contributed by atoms with Crippen molar-refractivity contribution in [3.05, 3.63) is 58.1 Å². The van der Waals surface area contributed by atoms with Crippen LogP contribution in [0.3, 0.4) is 0 Å². The summed E-state index contributed by atoms with van der Waals surface area (Å²) in [4.78, 5) is 0.116. The van der Waals surface area contributed by atoms with E-state index < -0.39 is 33.2 Å². The van der Waals surface area contributed by atoms with E-state index in [1.807, 2.05) is 44.2 Å². The fourth-order valence-corrected chi connectivity index (χ4v) is 8.15. The van der Waals surface area contributed by atoms with Crippen molar-refractivity contribution in [2.45, 2.75) is 89.6 Å². The summed E-state index contributed by atoms with van der Waals surface area (Å²) in [5, 5.41) is 23.1. The monoisotopic (exact) mass is 610 g/mol. The molecule has 8 heteroatoms. The van der Waals surface area contributed by atoms with E-state index in [0.29, 0.717) is 22.9 Å². The highest BCUT2D eigenvalue weighted by molar-refractivity contribution is 9.10. The second-order valence-corrected chi connectivity index (χ2v) is 14.0. The van der Waals surface area contributed by atoms with Crippen LogP contribution in [0.15, 0.2) is 51.8 Å². The van der Waals surface area contributed by atoms with E-state index in [4.69, 9.17) is 9.47 Å². The number of fused-ring (bicyclic) bond motifs is 1. The van der Waals surface area contributed by atoms with Gasteiger partial charge in [-0.05, 0) is 57.8 Å². The van der Waals surface area contributed by atoms with Crippen molar-refractivity contribution in [1.82, 2.24) is 0 Å². The number of benzene rings is 2. The minimum Gasteiger partial charge on any atom is -0.438 e. The molecule has 38 heavy (non-hydrogen) atoms. The summed E-state index contributed by atoms with van der Waals surface area (Å²) in [5.41, 5.74) is 0.570. The number of aliphatic hydroxyl groups excluding tert-OH is 1. The van der Waals surface area contributed by atoms with Gasteiger partial charge in [0.15, 0.2) is 9.84 Å². The Morgan fingerprint density at radius 2 is 1.82 bits per heavy atom. The van der Waals surface area contributed by atoms with Gasteiger partial charge < -0.3 is 19.7 Å². The molecule has 0 aromatic heterocycles. The molecule has 5 atom stereocenters. The molecular formula is C30H43BrO6S. The van der Waals surface area contributed by atoms with E-state index in [1.165, 1.54) is 13.2 Å². The zero-order chi connectivity index (χ0) is 28.3. The van der Waals surface area contributed by atoms with Crippen molar-refractivity contribution in [3.8, 4) is 5.75 Å². The second-order valence-electron chi connectivity index (χ2n) is 11.2. The highest BCUT2D eigenvalue weighted by Gasteiger charge is 2.49. The van der Waals surface area contributed by atoms with E-state index >= 15 is 0 Å². The number of hydrogen-bond acceptors (Lipinski definition) is 6. The maximum Gasteiger partial charge on any atom is 0.324 e. The van der Waals surface area contributed by atoms with Gasteiger partial charge >= 0.3 is 5.97 Å². The normalized spacial score (nSPS) is 25.3. The van der Waals surface area contributed by atoms with E-state index in [0.717, 1.165) is 18.4 Å². The predicted molar refractivity (Wildman–Crippen MR) is 154 cm³/mol. The fourth-order valence-electron chi connectivity index (χ4n) is 5.45. The summed E-state index contributed by atoms with van der Waals surface area (Å²) >= 11 is 3.55. The van der Waals surface area contributed by atoms with Crippen LogP contribution < -0.4 is 4.74 Å². The Bertz CT molecular complexity index is 1180. The Morgan fingerprint density at radius 1 is 1.16 bits per heavy atom. The van der Waals surface area contributed by atoms with Crippen molar-refractivity contribution < 1.29 is 28.1 Å². The molecule has 6 nitrogen and oxygen atoms in total. The average molecular weight is 612 g/mol. The number of sulfone groups is 1. The number of methoxy groups -OCH3 is 1. The van der Waals surface area contributed by atoms with Gasteiger partial charge in [-0.25, -0.2) is 8.42 Å². The summed E-state index contributed by atoms with van der Waals surface area (Å²) in [6.45, 7) is 10.1. The number of ether oxygens (including phenoxy) is 2. The third-order valence-corrected chi connectivity index (χ3v) is 11.0. The van der Waals surface area contributed by atoms with Gasteiger partial charge in [0, 0.05) is 30.9 Å². The summed E-state index contributed by atoms with van der Waals surface area (Å²) in [6, 6.07) is 12.8. The van der Waals surface area contributed by atoms with Gasteiger partial charge in [-0.2, -0.15) is 0 Å². The standard InChI is InChI=1S/C30H43BrO6S/c1-7-9-15-29(8-2)19-38(34,35)26-17-25(37-30(33,36-6)18-21(5)20(3)4)24(31)16-23(26)27(28(29)32)22-13-11-10-12-14-22/h10-14,16-17,20-21,27-28,32-33H,7-9,15,18-19H2,1-6H3/t21?,27-,28-,29-,30?/m1/s1. The summed E-state index contributed by atoms with van der Waals surface area (Å²) < 4.78 is 39.9. The quantitative estimate of drug-likeness (QED) is 0.276. The van der Waals surface area contributed by atoms with Crippen LogP contribution in [0.5, 0.6) is 5.75 Å². The molecular weight excluding hydrogens is 568 g/mol. The molecule has 1 aliphatic heterocycles. The van der Waals surface area contributed by atoms with Crippen LogP contribution >= 0.6 is 15.9 Å². The Morgan fingerprint density at radius 3 is 2.37 bits per heavy atom. The Kier molecular flexibility index (Phi) is 10.1. The molecule has 2 aromatic carbocycles. The van der Waals surface area contributed by atoms with Gasteiger partial charge in [0.2, 0.25) is 0 Å². The number of unbranched alkanes of at least 4 members (excludes halogenated alkanes) is 1. The minimum atomic E-state index is -3.82. The van der Waals surface area contributed by atoms with Crippen molar-refractivity contribution in [1.29, 1.82) is 0 Å². The first-order valence-electron chi connectivity index (χ1n) is 13.6. The van der Waals surface area contributed by atoms with Crippen LogP contribution in [-0.2, 0) is 14.6 Å². The molecule has 0 radical (unpaired) electrons. The second kappa shape index (κ2) is 12.4. The highest BCUT2D eigenvalue weighted by atomic mass is 79.9. The molecule has 3 rings (SSSR count). The summed E-state index contributed by atoms with van der Waals surface area (Å²) in [6.07, 6.45) is 2.18. The lowest BCUT2D eigenvalue weighted by Crippen LogP contribution is -2.42. The molecule has 1 aliphatic rings. The van der Waals surface area contributed by atoms with Gasteiger partial charge in [-0.1, -0.05) is 77.8 Å². The van der Waals surface area contributed by atoms with Crippen LogP contribution in [-0.4, -0.2) is 43.6 Å². The SMILES string of the molecule is CCCC[C@]1(CC)CS(=O)(=O)c2cc(OC(O)(CC(C)C(C)C)OC)c(Br)cc2[C@@H](c2ccccc2)[C@H]1O. The molecule has 212 valence electrons. The molecule has 2 unspecified atom stereocenters. The molecule has 0 spiro atoms. The van der Waals surface area contributed by atoms with Gasteiger partial charge in [-0.3, -0.25) is 0 Å². The number of aliphatic hydroxyl groups is 2. The van der Waals surface area contributed by atoms with E-state index in [-0.39, 0.29) is 34.7 Å². The average Bonchev–Trinajstić information content (AvgIpc) is 2.94. The number of halogens is 1. The number of rotatable bonds is 11.